The molecule has 1 atom stereocenters. The number of aryl methyl sites for hydroxylation is 1. The first-order valence-corrected chi connectivity index (χ1v) is 7.97. The maximum atomic E-state index is 5.48. The summed E-state index contributed by atoms with van der Waals surface area (Å²) < 4.78 is 10.8. The molecule has 5 heteroatoms. The number of aromatic nitrogens is 1. The Morgan fingerprint density at radius 1 is 1.29 bits per heavy atom. The molecule has 0 radical (unpaired) electrons. The van der Waals surface area contributed by atoms with Crippen molar-refractivity contribution in [2.45, 2.75) is 25.3 Å². The molecule has 1 unspecified atom stereocenters. The van der Waals surface area contributed by atoms with Gasteiger partial charge in [0.25, 0.3) is 0 Å². The minimum Gasteiger partial charge on any atom is -0.497 e. The van der Waals surface area contributed by atoms with Crippen LogP contribution in [-0.2, 0) is 6.42 Å². The molecule has 21 heavy (non-hydrogen) atoms. The molecule has 0 saturated carbocycles. The smallest absolute Gasteiger partial charge is 0.129 e. The van der Waals surface area contributed by atoms with E-state index < -0.39 is 0 Å². The molecule has 1 aliphatic rings. The predicted molar refractivity (Wildman–Crippen MR) is 85.4 cm³/mol. The minimum atomic E-state index is 0.427. The third-order valence-electron chi connectivity index (χ3n) is 3.94. The third-order valence-corrected chi connectivity index (χ3v) is 5.18. The second-order valence-electron chi connectivity index (χ2n) is 5.13. The van der Waals surface area contributed by atoms with E-state index in [9.17, 15) is 0 Å². The van der Waals surface area contributed by atoms with E-state index in [-0.39, 0.29) is 0 Å². The van der Waals surface area contributed by atoms with E-state index >= 15 is 0 Å². The normalized spacial score (nSPS) is 17.4. The lowest BCUT2D eigenvalue weighted by Crippen LogP contribution is -2.19. The molecular weight excluding hydrogens is 284 g/mol. The number of benzene rings is 1. The van der Waals surface area contributed by atoms with Crippen molar-refractivity contribution < 1.29 is 9.47 Å². The number of hydrogen-bond donors (Lipinski definition) is 1. The summed E-state index contributed by atoms with van der Waals surface area (Å²) in [6, 6.07) is 6.27. The zero-order valence-corrected chi connectivity index (χ0v) is 13.4. The average Bonchev–Trinajstić information content (AvgIpc) is 2.98. The number of hydrogen-bond acceptors (Lipinski definition) is 5. The van der Waals surface area contributed by atoms with Crippen LogP contribution in [0.4, 0.5) is 0 Å². The Hall–Kier alpha value is -1.59. The summed E-state index contributed by atoms with van der Waals surface area (Å²) in [5.41, 5.74) is 2.23. The van der Waals surface area contributed by atoms with Crippen molar-refractivity contribution in [2.75, 3.05) is 21.3 Å². The van der Waals surface area contributed by atoms with Crippen LogP contribution in [0.3, 0.4) is 0 Å². The van der Waals surface area contributed by atoms with Crippen molar-refractivity contribution in [3.63, 3.8) is 0 Å². The maximum absolute atomic E-state index is 5.48. The van der Waals surface area contributed by atoms with Crippen LogP contribution in [0.1, 0.15) is 29.5 Å². The van der Waals surface area contributed by atoms with Gasteiger partial charge < -0.3 is 14.8 Å². The lowest BCUT2D eigenvalue weighted by atomic mass is 9.98. The Kier molecular flexibility index (Phi) is 4.12. The van der Waals surface area contributed by atoms with E-state index in [0.717, 1.165) is 28.5 Å². The molecule has 1 aliphatic carbocycles. The van der Waals surface area contributed by atoms with Crippen LogP contribution in [0.15, 0.2) is 18.2 Å². The molecule has 4 nitrogen and oxygen atoms in total. The molecule has 1 heterocycles. The van der Waals surface area contributed by atoms with Crippen molar-refractivity contribution >= 4 is 11.3 Å². The summed E-state index contributed by atoms with van der Waals surface area (Å²) in [7, 11) is 5.38. The molecule has 1 aromatic heterocycles. The van der Waals surface area contributed by atoms with Crippen LogP contribution in [0.5, 0.6) is 11.5 Å². The number of ether oxygens (including phenoxy) is 2. The molecule has 112 valence electrons. The van der Waals surface area contributed by atoms with Gasteiger partial charge in [0.2, 0.25) is 0 Å². The van der Waals surface area contributed by atoms with Crippen molar-refractivity contribution in [1.29, 1.82) is 0 Å². The van der Waals surface area contributed by atoms with E-state index in [2.05, 4.69) is 5.32 Å². The first-order chi connectivity index (χ1) is 10.3. The van der Waals surface area contributed by atoms with Gasteiger partial charge in [0.05, 0.1) is 25.5 Å². The van der Waals surface area contributed by atoms with Crippen LogP contribution < -0.4 is 14.8 Å². The van der Waals surface area contributed by atoms with Gasteiger partial charge in [0.1, 0.15) is 16.5 Å². The van der Waals surface area contributed by atoms with Gasteiger partial charge in [-0.25, -0.2) is 4.98 Å². The van der Waals surface area contributed by atoms with Gasteiger partial charge in [-0.15, -0.1) is 11.3 Å². The summed E-state index contributed by atoms with van der Waals surface area (Å²) in [5, 5.41) is 4.40. The topological polar surface area (TPSA) is 43.4 Å². The Balaban J connectivity index is 2.07. The highest BCUT2D eigenvalue weighted by Crippen LogP contribution is 2.41. The Bertz CT molecular complexity index is 639. The highest BCUT2D eigenvalue weighted by molar-refractivity contribution is 7.15. The number of rotatable bonds is 4. The number of nitrogens with zero attached hydrogens (tertiary/aromatic N) is 1. The van der Waals surface area contributed by atoms with Gasteiger partial charge in [-0.3, -0.25) is 0 Å². The number of thiazole rings is 1. The SMILES string of the molecule is CNC1CCCc2nc(-c3cc(OC)ccc3OC)sc21. The summed E-state index contributed by atoms with van der Waals surface area (Å²) in [6.07, 6.45) is 3.44. The predicted octanol–water partition coefficient (Wildman–Crippen LogP) is 3.42. The van der Waals surface area contributed by atoms with E-state index in [1.807, 2.05) is 25.2 Å². The largest absolute Gasteiger partial charge is 0.497 e. The summed E-state index contributed by atoms with van der Waals surface area (Å²) in [5.74, 6) is 1.66. The second kappa shape index (κ2) is 6.03. The molecule has 0 saturated heterocycles. The van der Waals surface area contributed by atoms with Gasteiger partial charge in [0, 0.05) is 10.9 Å². The Labute approximate surface area is 129 Å². The molecule has 0 aliphatic heterocycles. The van der Waals surface area contributed by atoms with Crippen molar-refractivity contribution in [2.24, 2.45) is 0 Å². The Morgan fingerprint density at radius 2 is 2.14 bits per heavy atom. The fourth-order valence-corrected chi connectivity index (χ4v) is 4.07. The van der Waals surface area contributed by atoms with Gasteiger partial charge in [-0.1, -0.05) is 0 Å². The van der Waals surface area contributed by atoms with Gasteiger partial charge >= 0.3 is 0 Å². The van der Waals surface area contributed by atoms with Crippen LogP contribution in [-0.4, -0.2) is 26.3 Å². The number of methoxy groups -OCH3 is 2. The zero-order valence-electron chi connectivity index (χ0n) is 12.6. The zero-order chi connectivity index (χ0) is 14.8. The summed E-state index contributed by atoms with van der Waals surface area (Å²) in [4.78, 5) is 6.21. The van der Waals surface area contributed by atoms with Crippen LogP contribution in [0, 0.1) is 0 Å². The van der Waals surface area contributed by atoms with Crippen molar-refractivity contribution in [1.82, 2.24) is 10.3 Å². The molecule has 0 fully saturated rings. The standard InChI is InChI=1S/C16H20N2O2S/c1-17-12-5-4-6-13-15(12)21-16(18-13)11-9-10(19-2)7-8-14(11)20-3/h7-9,12,17H,4-6H2,1-3H3. The van der Waals surface area contributed by atoms with E-state index in [4.69, 9.17) is 14.5 Å². The molecule has 0 amide bonds. The summed E-state index contributed by atoms with van der Waals surface area (Å²) in [6.45, 7) is 0. The second-order valence-corrected chi connectivity index (χ2v) is 6.16. The van der Waals surface area contributed by atoms with Crippen LogP contribution in [0.2, 0.25) is 0 Å². The van der Waals surface area contributed by atoms with E-state index in [1.54, 1.807) is 25.6 Å². The Morgan fingerprint density at radius 3 is 2.86 bits per heavy atom. The monoisotopic (exact) mass is 304 g/mol. The number of fused-ring (bicyclic) bond motifs is 1. The van der Waals surface area contributed by atoms with Crippen molar-refractivity contribution in [3.05, 3.63) is 28.8 Å². The first-order valence-electron chi connectivity index (χ1n) is 7.16. The number of nitrogens with one attached hydrogen (secondary N) is 1. The van der Waals surface area contributed by atoms with Crippen LogP contribution >= 0.6 is 11.3 Å². The van der Waals surface area contributed by atoms with Gasteiger partial charge in [-0.05, 0) is 44.5 Å². The highest BCUT2D eigenvalue weighted by atomic mass is 32.1. The quantitative estimate of drug-likeness (QED) is 0.940. The molecule has 2 aromatic rings. The summed E-state index contributed by atoms with van der Waals surface area (Å²) >= 11 is 1.76. The van der Waals surface area contributed by atoms with Gasteiger partial charge in [0.15, 0.2) is 0 Å². The lowest BCUT2D eigenvalue weighted by molar-refractivity contribution is 0.404. The van der Waals surface area contributed by atoms with E-state index in [0.29, 0.717) is 6.04 Å². The molecule has 3 rings (SSSR count). The van der Waals surface area contributed by atoms with Crippen molar-refractivity contribution in [3.8, 4) is 22.1 Å². The average molecular weight is 304 g/mol. The fraction of sp³-hybridized carbons (Fsp3) is 0.438. The molecular formula is C16H20N2O2S. The third kappa shape index (κ3) is 2.63. The fourth-order valence-electron chi connectivity index (χ4n) is 2.79. The van der Waals surface area contributed by atoms with Gasteiger partial charge in [-0.2, -0.15) is 0 Å². The lowest BCUT2D eigenvalue weighted by Gasteiger charge is -2.19. The maximum Gasteiger partial charge on any atom is 0.129 e. The molecule has 1 N–H and O–H groups in total. The molecule has 0 spiro atoms. The van der Waals surface area contributed by atoms with E-state index in [1.165, 1.54) is 23.4 Å². The molecule has 0 bridgehead atoms. The van der Waals surface area contributed by atoms with Crippen LogP contribution in [0.25, 0.3) is 10.6 Å². The minimum absolute atomic E-state index is 0.427. The highest BCUT2D eigenvalue weighted by Gasteiger charge is 2.24. The molecule has 1 aromatic carbocycles. The first kappa shape index (κ1) is 14.4.